The van der Waals surface area contributed by atoms with Crippen LogP contribution in [0.15, 0.2) is 33.7 Å². The number of halogens is 1. The first-order valence-corrected chi connectivity index (χ1v) is 9.39. The SMILES string of the molecule is Cc1cc2c(cn1)c(=O)n(C)c1cc(OCCCC(C)C)c(Br)cc21. The molecule has 0 aliphatic heterocycles. The van der Waals surface area contributed by atoms with Gasteiger partial charge in [-0.3, -0.25) is 9.78 Å². The molecule has 0 aliphatic rings. The highest BCUT2D eigenvalue weighted by atomic mass is 79.9. The van der Waals surface area contributed by atoms with Crippen molar-refractivity contribution in [3.05, 3.63) is 44.9 Å². The van der Waals surface area contributed by atoms with Gasteiger partial charge >= 0.3 is 0 Å². The van der Waals surface area contributed by atoms with Crippen LogP contribution in [0.3, 0.4) is 0 Å². The number of ether oxygens (including phenoxy) is 1. The Bertz CT molecular complexity index is 993. The minimum Gasteiger partial charge on any atom is -0.492 e. The quantitative estimate of drug-likeness (QED) is 0.446. The molecule has 0 N–H and O–H groups in total. The highest BCUT2D eigenvalue weighted by molar-refractivity contribution is 9.10. The lowest BCUT2D eigenvalue weighted by Crippen LogP contribution is -2.17. The second kappa shape index (κ2) is 7.16. The first-order valence-electron chi connectivity index (χ1n) is 8.60. The molecule has 0 amide bonds. The molecule has 0 saturated heterocycles. The van der Waals surface area contributed by atoms with Crippen molar-refractivity contribution in [2.45, 2.75) is 33.6 Å². The molecule has 0 bridgehead atoms. The van der Waals surface area contributed by atoms with Crippen LogP contribution in [0.25, 0.3) is 21.7 Å². The molecule has 1 aromatic carbocycles. The fraction of sp³-hybridized carbons (Fsp3) is 0.400. The van der Waals surface area contributed by atoms with E-state index in [-0.39, 0.29) is 5.56 Å². The number of aromatic nitrogens is 2. The Balaban J connectivity index is 2.09. The van der Waals surface area contributed by atoms with Crippen molar-refractivity contribution in [1.29, 1.82) is 0 Å². The number of nitrogens with zero attached hydrogens (tertiary/aromatic N) is 2. The van der Waals surface area contributed by atoms with Gasteiger partial charge in [0.25, 0.3) is 5.56 Å². The van der Waals surface area contributed by atoms with Gasteiger partial charge in [-0.1, -0.05) is 13.8 Å². The number of hydrogen-bond donors (Lipinski definition) is 0. The molecular formula is C20H23BrN2O2. The molecule has 2 aromatic heterocycles. The van der Waals surface area contributed by atoms with E-state index in [2.05, 4.69) is 34.8 Å². The average molecular weight is 403 g/mol. The summed E-state index contributed by atoms with van der Waals surface area (Å²) in [6.07, 6.45) is 3.82. The van der Waals surface area contributed by atoms with E-state index in [1.165, 1.54) is 0 Å². The van der Waals surface area contributed by atoms with Gasteiger partial charge in [-0.2, -0.15) is 0 Å². The van der Waals surface area contributed by atoms with E-state index in [1.54, 1.807) is 17.8 Å². The van der Waals surface area contributed by atoms with Crippen LogP contribution in [-0.2, 0) is 7.05 Å². The standard InChI is InChI=1S/C20H23BrN2O2/c1-12(2)6-5-7-25-19-10-18-15(9-17(19)21)14-8-13(3)22-11-16(14)20(24)23(18)4/h8-12H,5-7H2,1-4H3. The summed E-state index contributed by atoms with van der Waals surface area (Å²) in [5, 5.41) is 2.58. The Morgan fingerprint density at radius 1 is 1.20 bits per heavy atom. The van der Waals surface area contributed by atoms with Crippen LogP contribution in [0, 0.1) is 12.8 Å². The van der Waals surface area contributed by atoms with Crippen LogP contribution in [0.5, 0.6) is 5.75 Å². The van der Waals surface area contributed by atoms with E-state index >= 15 is 0 Å². The van der Waals surface area contributed by atoms with Crippen molar-refractivity contribution in [1.82, 2.24) is 9.55 Å². The number of hydrogen-bond acceptors (Lipinski definition) is 3. The van der Waals surface area contributed by atoms with Crippen molar-refractivity contribution >= 4 is 37.6 Å². The maximum atomic E-state index is 12.7. The smallest absolute Gasteiger partial charge is 0.260 e. The molecule has 3 rings (SSSR count). The van der Waals surface area contributed by atoms with Crippen LogP contribution in [0.1, 0.15) is 32.4 Å². The summed E-state index contributed by atoms with van der Waals surface area (Å²) in [6, 6.07) is 5.95. The molecule has 0 atom stereocenters. The van der Waals surface area contributed by atoms with E-state index in [0.717, 1.165) is 45.0 Å². The summed E-state index contributed by atoms with van der Waals surface area (Å²) in [4.78, 5) is 16.9. The molecule has 0 fully saturated rings. The molecule has 2 heterocycles. The molecule has 5 heteroatoms. The van der Waals surface area contributed by atoms with Crippen LogP contribution >= 0.6 is 15.9 Å². The van der Waals surface area contributed by atoms with E-state index in [4.69, 9.17) is 4.74 Å². The normalized spacial score (nSPS) is 11.6. The number of pyridine rings is 2. The molecule has 0 saturated carbocycles. The van der Waals surface area contributed by atoms with Gasteiger partial charge in [0, 0.05) is 30.4 Å². The van der Waals surface area contributed by atoms with Gasteiger partial charge in [0.2, 0.25) is 0 Å². The molecule has 3 aromatic rings. The van der Waals surface area contributed by atoms with Crippen molar-refractivity contribution < 1.29 is 4.74 Å². The van der Waals surface area contributed by atoms with Gasteiger partial charge in [-0.05, 0) is 59.1 Å². The summed E-state index contributed by atoms with van der Waals surface area (Å²) < 4.78 is 8.52. The molecule has 132 valence electrons. The van der Waals surface area contributed by atoms with Gasteiger partial charge < -0.3 is 9.30 Å². The minimum absolute atomic E-state index is 0.0388. The van der Waals surface area contributed by atoms with Gasteiger partial charge in [0.1, 0.15) is 5.75 Å². The largest absolute Gasteiger partial charge is 0.492 e. The Morgan fingerprint density at radius 3 is 2.68 bits per heavy atom. The maximum Gasteiger partial charge on any atom is 0.260 e. The highest BCUT2D eigenvalue weighted by Crippen LogP contribution is 2.33. The third-order valence-corrected chi connectivity index (χ3v) is 5.08. The average Bonchev–Trinajstić information content (AvgIpc) is 2.57. The second-order valence-electron chi connectivity index (χ2n) is 6.92. The topological polar surface area (TPSA) is 44.1 Å². The molecule has 4 nitrogen and oxygen atoms in total. The lowest BCUT2D eigenvalue weighted by atomic mass is 10.1. The van der Waals surface area contributed by atoms with Crippen LogP contribution < -0.4 is 10.3 Å². The van der Waals surface area contributed by atoms with E-state index < -0.39 is 0 Å². The minimum atomic E-state index is -0.0388. The summed E-state index contributed by atoms with van der Waals surface area (Å²) in [5.41, 5.74) is 1.72. The monoisotopic (exact) mass is 402 g/mol. The predicted octanol–water partition coefficient (Wildman–Crippen LogP) is 4.97. The van der Waals surface area contributed by atoms with Crippen molar-refractivity contribution in [2.75, 3.05) is 6.61 Å². The first kappa shape index (κ1) is 17.9. The van der Waals surface area contributed by atoms with Crippen LogP contribution in [-0.4, -0.2) is 16.2 Å². The van der Waals surface area contributed by atoms with E-state index in [1.807, 2.05) is 25.1 Å². The first-order chi connectivity index (χ1) is 11.9. The summed E-state index contributed by atoms with van der Waals surface area (Å²) in [7, 11) is 1.79. The van der Waals surface area contributed by atoms with Crippen LogP contribution in [0.2, 0.25) is 0 Å². The Hall–Kier alpha value is -1.88. The van der Waals surface area contributed by atoms with Crippen molar-refractivity contribution in [3.8, 4) is 5.75 Å². The molecule has 0 spiro atoms. The Morgan fingerprint density at radius 2 is 1.96 bits per heavy atom. The fourth-order valence-electron chi connectivity index (χ4n) is 3.06. The Labute approximate surface area is 156 Å². The van der Waals surface area contributed by atoms with Gasteiger partial charge in [0.05, 0.1) is 22.0 Å². The molecule has 0 radical (unpaired) electrons. The van der Waals surface area contributed by atoms with Gasteiger partial charge in [-0.25, -0.2) is 0 Å². The number of benzene rings is 1. The number of rotatable bonds is 5. The maximum absolute atomic E-state index is 12.7. The van der Waals surface area contributed by atoms with E-state index in [0.29, 0.717) is 17.9 Å². The number of fused-ring (bicyclic) bond motifs is 3. The predicted molar refractivity (Wildman–Crippen MR) is 106 cm³/mol. The second-order valence-corrected chi connectivity index (χ2v) is 7.77. The molecule has 25 heavy (non-hydrogen) atoms. The third-order valence-electron chi connectivity index (χ3n) is 4.46. The zero-order chi connectivity index (χ0) is 18.1. The lowest BCUT2D eigenvalue weighted by Gasteiger charge is -2.14. The molecular weight excluding hydrogens is 380 g/mol. The van der Waals surface area contributed by atoms with Crippen LogP contribution in [0.4, 0.5) is 0 Å². The third kappa shape index (κ3) is 3.56. The summed E-state index contributed by atoms with van der Waals surface area (Å²) in [5.74, 6) is 1.45. The summed E-state index contributed by atoms with van der Waals surface area (Å²) in [6.45, 7) is 7.03. The van der Waals surface area contributed by atoms with E-state index in [9.17, 15) is 4.79 Å². The fourth-order valence-corrected chi connectivity index (χ4v) is 3.52. The van der Waals surface area contributed by atoms with Gasteiger partial charge in [0.15, 0.2) is 0 Å². The summed E-state index contributed by atoms with van der Waals surface area (Å²) >= 11 is 3.62. The zero-order valence-electron chi connectivity index (χ0n) is 15.1. The van der Waals surface area contributed by atoms with Crippen molar-refractivity contribution in [2.24, 2.45) is 13.0 Å². The van der Waals surface area contributed by atoms with Gasteiger partial charge in [-0.15, -0.1) is 0 Å². The zero-order valence-corrected chi connectivity index (χ0v) is 16.7. The number of aryl methyl sites for hydroxylation is 2. The highest BCUT2D eigenvalue weighted by Gasteiger charge is 2.13. The Kier molecular flexibility index (Phi) is 5.13. The lowest BCUT2D eigenvalue weighted by molar-refractivity contribution is 0.296. The van der Waals surface area contributed by atoms with Crippen molar-refractivity contribution in [3.63, 3.8) is 0 Å². The molecule has 0 aliphatic carbocycles. The molecule has 0 unspecified atom stereocenters.